The zero-order valence-corrected chi connectivity index (χ0v) is 7.62. The molecule has 0 saturated carbocycles. The summed E-state index contributed by atoms with van der Waals surface area (Å²) < 4.78 is 2.12. The normalized spacial score (nSPS) is 9.75. The molecule has 1 aromatic heterocycles. The van der Waals surface area contributed by atoms with Crippen molar-refractivity contribution in [2.75, 3.05) is 7.05 Å². The predicted octanol–water partition coefficient (Wildman–Crippen LogP) is -2.40. The molecule has 0 aliphatic heterocycles. The summed E-state index contributed by atoms with van der Waals surface area (Å²) in [5, 5.41) is 1.30. The quantitative estimate of drug-likeness (QED) is 0.476. The first-order valence-electron chi connectivity index (χ1n) is 3.77. The Morgan fingerprint density at radius 3 is 2.67 bits per heavy atom. The molecular weight excluding hydrogens is 172 g/mol. The van der Waals surface area contributed by atoms with Crippen molar-refractivity contribution in [2.45, 2.75) is 0 Å². The van der Waals surface area contributed by atoms with Crippen LogP contribution in [-0.4, -0.2) is 11.7 Å². The molecule has 64 valence electrons. The Morgan fingerprint density at radius 2 is 1.92 bits per heavy atom. The molecule has 0 spiro atoms. The van der Waals surface area contributed by atoms with Crippen molar-refractivity contribution in [3.05, 3.63) is 36.5 Å². The SMILES string of the molecule is C[NH2+]n1ccc2ccccc21.[Cl-]. The lowest BCUT2D eigenvalue weighted by molar-refractivity contribution is -0.680. The number of aromatic nitrogens is 1. The second-order valence-electron chi connectivity index (χ2n) is 2.54. The van der Waals surface area contributed by atoms with Crippen molar-refractivity contribution in [3.63, 3.8) is 0 Å². The zero-order chi connectivity index (χ0) is 7.68. The van der Waals surface area contributed by atoms with Crippen LogP contribution in [0.25, 0.3) is 10.9 Å². The molecule has 0 aliphatic rings. The van der Waals surface area contributed by atoms with Gasteiger partial charge in [0.1, 0.15) is 5.52 Å². The van der Waals surface area contributed by atoms with E-state index in [1.54, 1.807) is 0 Å². The number of fused-ring (bicyclic) bond motifs is 1. The molecule has 3 heteroatoms. The predicted molar refractivity (Wildman–Crippen MR) is 45.2 cm³/mol. The van der Waals surface area contributed by atoms with Gasteiger partial charge in [-0.15, -0.1) is 0 Å². The summed E-state index contributed by atoms with van der Waals surface area (Å²) in [7, 11) is 2.03. The highest BCUT2D eigenvalue weighted by Gasteiger charge is 1.97. The number of nitrogens with zero attached hydrogens (tertiary/aromatic N) is 1. The summed E-state index contributed by atoms with van der Waals surface area (Å²) >= 11 is 0. The standard InChI is InChI=1S/C9H10N2.ClH/c1-10-11-7-6-8-4-2-3-5-9(8)11;/h2-7,10H,1H3;1H. The molecule has 12 heavy (non-hydrogen) atoms. The largest absolute Gasteiger partial charge is 1.00 e. The van der Waals surface area contributed by atoms with Crippen LogP contribution in [0.3, 0.4) is 0 Å². The molecule has 0 aliphatic carbocycles. The summed E-state index contributed by atoms with van der Waals surface area (Å²) in [6, 6.07) is 10.5. The van der Waals surface area contributed by atoms with E-state index in [4.69, 9.17) is 0 Å². The molecular formula is C9H11ClN2. The summed E-state index contributed by atoms with van der Waals surface area (Å²) in [5.74, 6) is 0. The monoisotopic (exact) mass is 182 g/mol. The topological polar surface area (TPSA) is 21.5 Å². The van der Waals surface area contributed by atoms with Crippen LogP contribution in [0.5, 0.6) is 0 Å². The molecule has 0 radical (unpaired) electrons. The van der Waals surface area contributed by atoms with Crippen molar-refractivity contribution in [3.8, 4) is 0 Å². The first kappa shape index (κ1) is 9.10. The fourth-order valence-corrected chi connectivity index (χ4v) is 1.33. The third-order valence-corrected chi connectivity index (χ3v) is 1.91. The van der Waals surface area contributed by atoms with Crippen LogP contribution in [0.2, 0.25) is 0 Å². The lowest BCUT2D eigenvalue weighted by Crippen LogP contribution is -3.00. The first-order valence-corrected chi connectivity index (χ1v) is 3.77. The molecule has 0 amide bonds. The fraction of sp³-hybridized carbons (Fsp3) is 0.111. The van der Waals surface area contributed by atoms with Gasteiger partial charge in [-0.25, -0.2) is 10.1 Å². The number of hydrogen-bond donors (Lipinski definition) is 1. The van der Waals surface area contributed by atoms with E-state index < -0.39 is 0 Å². The van der Waals surface area contributed by atoms with E-state index in [1.165, 1.54) is 10.9 Å². The number of benzene rings is 1. The third kappa shape index (κ3) is 1.31. The second kappa shape index (κ2) is 3.61. The minimum Gasteiger partial charge on any atom is -1.00 e. The van der Waals surface area contributed by atoms with E-state index in [0.717, 1.165) is 0 Å². The Labute approximate surface area is 77.6 Å². The van der Waals surface area contributed by atoms with E-state index in [9.17, 15) is 0 Å². The number of rotatable bonds is 1. The van der Waals surface area contributed by atoms with Crippen LogP contribution < -0.4 is 17.8 Å². The van der Waals surface area contributed by atoms with Gasteiger partial charge in [0.25, 0.3) is 0 Å². The summed E-state index contributed by atoms with van der Waals surface area (Å²) in [5.41, 5.74) is 3.33. The average Bonchev–Trinajstić information content (AvgIpc) is 2.47. The number of halogens is 1. The molecule has 2 rings (SSSR count). The lowest BCUT2D eigenvalue weighted by atomic mass is 10.3. The van der Waals surface area contributed by atoms with Crippen molar-refractivity contribution in [1.29, 1.82) is 0 Å². The maximum absolute atomic E-state index is 2.12. The summed E-state index contributed by atoms with van der Waals surface area (Å²) in [4.78, 5) is 0. The fourth-order valence-electron chi connectivity index (χ4n) is 1.33. The Bertz CT molecular complexity index is 367. The van der Waals surface area contributed by atoms with Gasteiger partial charge in [0.15, 0.2) is 0 Å². The van der Waals surface area contributed by atoms with E-state index in [2.05, 4.69) is 46.6 Å². The van der Waals surface area contributed by atoms with E-state index in [0.29, 0.717) is 0 Å². The van der Waals surface area contributed by atoms with Crippen molar-refractivity contribution in [2.24, 2.45) is 0 Å². The van der Waals surface area contributed by atoms with E-state index >= 15 is 0 Å². The number of para-hydroxylation sites is 1. The Morgan fingerprint density at radius 1 is 1.17 bits per heavy atom. The average molecular weight is 183 g/mol. The molecule has 2 N–H and O–H groups in total. The molecule has 0 bridgehead atoms. The molecule has 1 aromatic carbocycles. The summed E-state index contributed by atoms with van der Waals surface area (Å²) in [6.07, 6.45) is 2.07. The molecule has 1 heterocycles. The Hall–Kier alpha value is -0.990. The second-order valence-corrected chi connectivity index (χ2v) is 2.54. The van der Waals surface area contributed by atoms with Crippen molar-refractivity contribution in [1.82, 2.24) is 4.68 Å². The smallest absolute Gasteiger partial charge is 0.100 e. The maximum Gasteiger partial charge on any atom is 0.100 e. The Balaban J connectivity index is 0.000000720. The number of quaternary nitrogens is 1. The Kier molecular flexibility index (Phi) is 2.74. The molecule has 2 nitrogen and oxygen atoms in total. The van der Waals surface area contributed by atoms with Gasteiger partial charge in [-0.2, -0.15) is 0 Å². The van der Waals surface area contributed by atoms with Crippen LogP contribution in [0, 0.1) is 0 Å². The van der Waals surface area contributed by atoms with Crippen LogP contribution in [0.1, 0.15) is 0 Å². The number of hydrogen-bond acceptors (Lipinski definition) is 0. The van der Waals surface area contributed by atoms with Gasteiger partial charge in [0, 0.05) is 5.39 Å². The maximum atomic E-state index is 2.12. The molecule has 0 unspecified atom stereocenters. The van der Waals surface area contributed by atoms with Crippen LogP contribution in [0.4, 0.5) is 0 Å². The van der Waals surface area contributed by atoms with Gasteiger partial charge in [0.05, 0.1) is 13.2 Å². The lowest BCUT2D eigenvalue weighted by Gasteiger charge is -1.96. The van der Waals surface area contributed by atoms with Gasteiger partial charge in [-0.3, -0.25) is 0 Å². The van der Waals surface area contributed by atoms with Crippen LogP contribution in [-0.2, 0) is 0 Å². The van der Waals surface area contributed by atoms with Crippen molar-refractivity contribution >= 4 is 10.9 Å². The highest BCUT2D eigenvalue weighted by molar-refractivity contribution is 5.79. The zero-order valence-electron chi connectivity index (χ0n) is 6.87. The van der Waals surface area contributed by atoms with Crippen LogP contribution in [0.15, 0.2) is 36.5 Å². The molecule has 0 saturated heterocycles. The first-order chi connectivity index (χ1) is 5.42. The van der Waals surface area contributed by atoms with Gasteiger partial charge < -0.3 is 12.4 Å². The molecule has 0 atom stereocenters. The minimum atomic E-state index is 0. The third-order valence-electron chi connectivity index (χ3n) is 1.91. The summed E-state index contributed by atoms with van der Waals surface area (Å²) in [6.45, 7) is 0. The van der Waals surface area contributed by atoms with Gasteiger partial charge >= 0.3 is 0 Å². The van der Waals surface area contributed by atoms with E-state index in [-0.39, 0.29) is 12.4 Å². The number of nitrogens with two attached hydrogens (primary N) is 1. The van der Waals surface area contributed by atoms with Crippen molar-refractivity contribution < 1.29 is 17.8 Å². The van der Waals surface area contributed by atoms with Gasteiger partial charge in [-0.05, 0) is 12.1 Å². The van der Waals surface area contributed by atoms with E-state index in [1.807, 2.05) is 7.05 Å². The molecule has 0 fully saturated rings. The highest BCUT2D eigenvalue weighted by Crippen LogP contribution is 2.11. The van der Waals surface area contributed by atoms with Gasteiger partial charge in [0.2, 0.25) is 0 Å². The van der Waals surface area contributed by atoms with Crippen LogP contribution >= 0.6 is 0 Å². The highest BCUT2D eigenvalue weighted by atomic mass is 35.5. The molecule has 2 aromatic rings. The van der Waals surface area contributed by atoms with Gasteiger partial charge in [-0.1, -0.05) is 18.2 Å². The minimum absolute atomic E-state index is 0.